The highest BCUT2D eigenvalue weighted by atomic mass is 35.5. The fraction of sp³-hybridized carbons (Fsp3) is 0.714. The average molecular weight is 206 g/mol. The summed E-state index contributed by atoms with van der Waals surface area (Å²) in [5.41, 5.74) is 0. The molecule has 68 valence electrons. The van der Waals surface area contributed by atoms with Gasteiger partial charge in [-0.2, -0.15) is 4.37 Å². The molecule has 12 heavy (non-hydrogen) atoms. The number of aryl methyl sites for hydroxylation is 1. The summed E-state index contributed by atoms with van der Waals surface area (Å²) in [6, 6.07) is 0.254. The molecule has 3 nitrogen and oxygen atoms in total. The number of hydrogen-bond acceptors (Lipinski definition) is 4. The number of rotatable bonds is 4. The van der Waals surface area contributed by atoms with Crippen LogP contribution < -0.4 is 5.32 Å². The highest BCUT2D eigenvalue weighted by Crippen LogP contribution is 2.12. The van der Waals surface area contributed by atoms with E-state index in [9.17, 15) is 0 Å². The maximum atomic E-state index is 5.64. The average Bonchev–Trinajstić information content (AvgIpc) is 2.52. The zero-order chi connectivity index (χ0) is 8.97. The fourth-order valence-corrected chi connectivity index (χ4v) is 1.54. The van der Waals surface area contributed by atoms with Crippen LogP contribution in [0.15, 0.2) is 0 Å². The SMILES string of the molecule is CCc1nsc(NC(C)CCl)n1. The second-order valence-electron chi connectivity index (χ2n) is 2.57. The van der Waals surface area contributed by atoms with Gasteiger partial charge in [-0.1, -0.05) is 6.92 Å². The lowest BCUT2D eigenvalue weighted by Crippen LogP contribution is -2.16. The molecule has 0 saturated heterocycles. The lowest BCUT2D eigenvalue weighted by Gasteiger charge is -2.06. The van der Waals surface area contributed by atoms with E-state index >= 15 is 0 Å². The zero-order valence-electron chi connectivity index (χ0n) is 7.17. The molecule has 0 fully saturated rings. The standard InChI is InChI=1S/C7H12ClN3S/c1-3-6-10-7(12-11-6)9-5(2)4-8/h5H,3-4H2,1-2H3,(H,9,10,11). The number of anilines is 1. The number of nitrogens with zero attached hydrogens (tertiary/aromatic N) is 2. The van der Waals surface area contributed by atoms with Gasteiger partial charge in [-0.25, -0.2) is 4.98 Å². The van der Waals surface area contributed by atoms with Gasteiger partial charge in [0.1, 0.15) is 5.82 Å². The fourth-order valence-electron chi connectivity index (χ4n) is 0.706. The third-order valence-corrected chi connectivity index (χ3v) is 2.53. The zero-order valence-corrected chi connectivity index (χ0v) is 8.74. The molecule has 1 rings (SSSR count). The Morgan fingerprint density at radius 3 is 2.92 bits per heavy atom. The normalized spacial score (nSPS) is 12.9. The Kier molecular flexibility index (Phi) is 3.75. The van der Waals surface area contributed by atoms with Gasteiger partial charge in [-0.05, 0) is 6.92 Å². The molecule has 1 unspecified atom stereocenters. The minimum atomic E-state index is 0.254. The van der Waals surface area contributed by atoms with Gasteiger partial charge in [0.25, 0.3) is 0 Å². The molecule has 0 amide bonds. The van der Waals surface area contributed by atoms with E-state index in [1.54, 1.807) is 0 Å². The van der Waals surface area contributed by atoms with Crippen molar-refractivity contribution < 1.29 is 0 Å². The molecule has 1 aromatic heterocycles. The van der Waals surface area contributed by atoms with Crippen molar-refractivity contribution >= 4 is 28.3 Å². The van der Waals surface area contributed by atoms with Crippen molar-refractivity contribution in [2.75, 3.05) is 11.2 Å². The molecule has 1 aromatic rings. The van der Waals surface area contributed by atoms with Crippen LogP contribution in [0.5, 0.6) is 0 Å². The molecule has 0 bridgehead atoms. The van der Waals surface area contributed by atoms with Crippen molar-refractivity contribution in [2.24, 2.45) is 0 Å². The van der Waals surface area contributed by atoms with E-state index < -0.39 is 0 Å². The number of alkyl halides is 1. The van der Waals surface area contributed by atoms with Crippen LogP contribution in [-0.4, -0.2) is 21.3 Å². The van der Waals surface area contributed by atoms with Gasteiger partial charge < -0.3 is 5.32 Å². The van der Waals surface area contributed by atoms with Gasteiger partial charge in [0.2, 0.25) is 5.13 Å². The van der Waals surface area contributed by atoms with Crippen LogP contribution in [0.1, 0.15) is 19.7 Å². The summed E-state index contributed by atoms with van der Waals surface area (Å²) in [6.45, 7) is 4.05. The minimum Gasteiger partial charge on any atom is -0.357 e. The highest BCUT2D eigenvalue weighted by Gasteiger charge is 2.04. The molecule has 1 N–H and O–H groups in total. The van der Waals surface area contributed by atoms with E-state index in [1.807, 2.05) is 13.8 Å². The quantitative estimate of drug-likeness (QED) is 0.766. The van der Waals surface area contributed by atoms with Crippen molar-refractivity contribution in [1.82, 2.24) is 9.36 Å². The van der Waals surface area contributed by atoms with Crippen LogP contribution in [0.25, 0.3) is 0 Å². The number of nitrogens with one attached hydrogen (secondary N) is 1. The monoisotopic (exact) mass is 205 g/mol. The summed E-state index contributed by atoms with van der Waals surface area (Å²) in [4.78, 5) is 4.25. The van der Waals surface area contributed by atoms with Gasteiger partial charge in [0, 0.05) is 29.9 Å². The maximum absolute atomic E-state index is 5.64. The van der Waals surface area contributed by atoms with Crippen LogP contribution in [0.2, 0.25) is 0 Å². The van der Waals surface area contributed by atoms with E-state index in [2.05, 4.69) is 14.7 Å². The third kappa shape index (κ3) is 2.60. The van der Waals surface area contributed by atoms with Crippen molar-refractivity contribution in [3.63, 3.8) is 0 Å². The number of halogens is 1. The second kappa shape index (κ2) is 4.62. The van der Waals surface area contributed by atoms with Crippen LogP contribution in [0, 0.1) is 0 Å². The van der Waals surface area contributed by atoms with E-state index in [4.69, 9.17) is 11.6 Å². The molecule has 0 aliphatic rings. The second-order valence-corrected chi connectivity index (χ2v) is 3.63. The molecule has 0 aliphatic heterocycles. The van der Waals surface area contributed by atoms with Crippen molar-refractivity contribution in [2.45, 2.75) is 26.3 Å². The smallest absolute Gasteiger partial charge is 0.202 e. The van der Waals surface area contributed by atoms with Crippen molar-refractivity contribution in [3.8, 4) is 0 Å². The third-order valence-electron chi connectivity index (χ3n) is 1.39. The first kappa shape index (κ1) is 9.74. The van der Waals surface area contributed by atoms with Crippen LogP contribution in [0.3, 0.4) is 0 Å². The molecular weight excluding hydrogens is 194 g/mol. The molecule has 0 radical (unpaired) electrons. The molecule has 1 heterocycles. The lowest BCUT2D eigenvalue weighted by atomic mass is 10.4. The van der Waals surface area contributed by atoms with E-state index in [0.717, 1.165) is 17.4 Å². The van der Waals surface area contributed by atoms with Crippen molar-refractivity contribution in [1.29, 1.82) is 0 Å². The van der Waals surface area contributed by atoms with Crippen molar-refractivity contribution in [3.05, 3.63) is 5.82 Å². The maximum Gasteiger partial charge on any atom is 0.202 e. The summed E-state index contributed by atoms with van der Waals surface area (Å²) >= 11 is 7.02. The van der Waals surface area contributed by atoms with E-state index in [-0.39, 0.29) is 6.04 Å². The molecule has 0 aliphatic carbocycles. The number of aromatic nitrogens is 2. The molecule has 0 aromatic carbocycles. The topological polar surface area (TPSA) is 37.8 Å². The summed E-state index contributed by atoms with van der Waals surface area (Å²) < 4.78 is 4.15. The van der Waals surface area contributed by atoms with Crippen LogP contribution in [-0.2, 0) is 6.42 Å². The lowest BCUT2D eigenvalue weighted by molar-refractivity contribution is 0.897. The predicted octanol–water partition coefficient (Wildman–Crippen LogP) is 2.14. The van der Waals surface area contributed by atoms with Gasteiger partial charge in [-0.3, -0.25) is 0 Å². The summed E-state index contributed by atoms with van der Waals surface area (Å²) in [6.07, 6.45) is 0.882. The summed E-state index contributed by atoms with van der Waals surface area (Å²) in [5, 5.41) is 4.02. The number of hydrogen-bond donors (Lipinski definition) is 1. The van der Waals surface area contributed by atoms with Gasteiger partial charge in [0.15, 0.2) is 0 Å². The Hall–Kier alpha value is -0.350. The predicted molar refractivity (Wildman–Crippen MR) is 53.1 cm³/mol. The van der Waals surface area contributed by atoms with E-state index in [0.29, 0.717) is 5.88 Å². The molecule has 0 saturated carbocycles. The largest absolute Gasteiger partial charge is 0.357 e. The summed E-state index contributed by atoms with van der Waals surface area (Å²) in [5.74, 6) is 1.48. The molecule has 1 atom stereocenters. The first-order valence-electron chi connectivity index (χ1n) is 3.91. The van der Waals surface area contributed by atoms with E-state index in [1.165, 1.54) is 11.5 Å². The molecular formula is C7H12ClN3S. The van der Waals surface area contributed by atoms with Crippen LogP contribution in [0.4, 0.5) is 5.13 Å². The summed E-state index contributed by atoms with van der Waals surface area (Å²) in [7, 11) is 0. The Bertz CT molecular complexity index is 238. The first-order chi connectivity index (χ1) is 5.76. The first-order valence-corrected chi connectivity index (χ1v) is 5.22. The van der Waals surface area contributed by atoms with Gasteiger partial charge >= 0.3 is 0 Å². The minimum absolute atomic E-state index is 0.254. The molecule has 0 spiro atoms. The Morgan fingerprint density at radius 1 is 1.67 bits per heavy atom. The van der Waals surface area contributed by atoms with Gasteiger partial charge in [-0.15, -0.1) is 11.6 Å². The Labute approximate surface area is 81.3 Å². The van der Waals surface area contributed by atoms with Gasteiger partial charge in [0.05, 0.1) is 0 Å². The Balaban J connectivity index is 2.52. The molecule has 5 heteroatoms. The van der Waals surface area contributed by atoms with Crippen LogP contribution >= 0.6 is 23.1 Å². The Morgan fingerprint density at radius 2 is 2.42 bits per heavy atom. The highest BCUT2D eigenvalue weighted by molar-refractivity contribution is 7.09.